The number of hydrogen-bond donors (Lipinski definition) is 1. The molecule has 1 aromatic rings. The molecule has 1 aliphatic rings. The smallest absolute Gasteiger partial charge is 0.399 e. The van der Waals surface area contributed by atoms with Crippen molar-refractivity contribution in [2.24, 2.45) is 0 Å². The second kappa shape index (κ2) is 8.89. The maximum Gasteiger partial charge on any atom is 0.494 e. The van der Waals surface area contributed by atoms with Gasteiger partial charge in [-0.15, -0.1) is 0 Å². The van der Waals surface area contributed by atoms with E-state index < -0.39 is 0 Å². The summed E-state index contributed by atoms with van der Waals surface area (Å²) in [7, 11) is -0.292. The van der Waals surface area contributed by atoms with Crippen molar-refractivity contribution in [3.8, 4) is 0 Å². The summed E-state index contributed by atoms with van der Waals surface area (Å²) in [5.74, 6) is 0. The monoisotopic (exact) mass is 387 g/mol. The molecule has 1 N–H and O–H groups in total. The zero-order chi connectivity index (χ0) is 21.2. The van der Waals surface area contributed by atoms with Gasteiger partial charge >= 0.3 is 7.12 Å². The molecule has 0 radical (unpaired) electrons. The molecule has 158 valence electrons. The van der Waals surface area contributed by atoms with Gasteiger partial charge in [0, 0.05) is 12.1 Å². The normalized spacial score (nSPS) is 20.4. The van der Waals surface area contributed by atoms with E-state index in [1.165, 1.54) is 42.4 Å². The van der Waals surface area contributed by atoms with Crippen LogP contribution in [-0.4, -0.2) is 23.9 Å². The lowest BCUT2D eigenvalue weighted by atomic mass is 9.76. The molecule has 1 atom stereocenters. The van der Waals surface area contributed by atoms with Gasteiger partial charge in [-0.2, -0.15) is 0 Å². The highest BCUT2D eigenvalue weighted by atomic mass is 16.7. The highest BCUT2D eigenvalue weighted by Gasteiger charge is 2.51. The molecule has 1 aliphatic heterocycles. The van der Waals surface area contributed by atoms with Gasteiger partial charge < -0.3 is 14.6 Å². The summed E-state index contributed by atoms with van der Waals surface area (Å²) in [5, 5.41) is 3.86. The average Bonchev–Trinajstić information content (AvgIpc) is 2.82. The van der Waals surface area contributed by atoms with Crippen LogP contribution < -0.4 is 10.8 Å². The van der Waals surface area contributed by atoms with E-state index in [0.29, 0.717) is 0 Å². The molecule has 1 heterocycles. The van der Waals surface area contributed by atoms with E-state index in [2.05, 4.69) is 79.8 Å². The van der Waals surface area contributed by atoms with Crippen molar-refractivity contribution < 1.29 is 9.31 Å². The highest BCUT2D eigenvalue weighted by Crippen LogP contribution is 2.36. The summed E-state index contributed by atoms with van der Waals surface area (Å²) in [6.45, 7) is 20.7. The second-order valence-electron chi connectivity index (χ2n) is 9.95. The van der Waals surface area contributed by atoms with Crippen LogP contribution in [-0.2, 0) is 15.9 Å². The Balaban J connectivity index is 2.12. The topological polar surface area (TPSA) is 30.5 Å². The molecule has 28 heavy (non-hydrogen) atoms. The van der Waals surface area contributed by atoms with Gasteiger partial charge in [0.25, 0.3) is 0 Å². The van der Waals surface area contributed by atoms with Crippen LogP contribution in [0.3, 0.4) is 0 Å². The van der Waals surface area contributed by atoms with Crippen LogP contribution in [0.1, 0.15) is 97.3 Å². The maximum atomic E-state index is 6.25. The summed E-state index contributed by atoms with van der Waals surface area (Å²) in [5.41, 5.74) is 4.74. The number of hydrogen-bond acceptors (Lipinski definition) is 3. The van der Waals surface area contributed by atoms with Crippen molar-refractivity contribution in [3.05, 3.63) is 28.8 Å². The Kier molecular flexibility index (Phi) is 7.45. The minimum absolute atomic E-state index is 0.207. The van der Waals surface area contributed by atoms with Crippen molar-refractivity contribution in [2.75, 3.05) is 0 Å². The lowest BCUT2D eigenvalue weighted by Gasteiger charge is -2.32. The third-order valence-corrected chi connectivity index (χ3v) is 7.05. The Bertz CT molecular complexity index is 632. The van der Waals surface area contributed by atoms with Gasteiger partial charge in [0.1, 0.15) is 0 Å². The number of nitrogens with one attached hydrogen (secondary N) is 1. The predicted molar refractivity (Wildman–Crippen MR) is 121 cm³/mol. The molecule has 1 fully saturated rings. The standard InChI is InChI=1S/C24H42BNO2/c1-10-12-13-14-24(9,11-2)26-17-21-18(3)15-20(16-19(21)4)25-27-22(5,6)23(7,8)28-25/h15-16,26H,10-14,17H2,1-9H3. The third-order valence-electron chi connectivity index (χ3n) is 7.05. The van der Waals surface area contributed by atoms with E-state index in [1.54, 1.807) is 0 Å². The molecule has 1 saturated heterocycles. The van der Waals surface area contributed by atoms with Gasteiger partial charge in [-0.1, -0.05) is 45.2 Å². The molecule has 3 nitrogen and oxygen atoms in total. The van der Waals surface area contributed by atoms with Crippen molar-refractivity contribution in [2.45, 2.75) is 118 Å². The fourth-order valence-corrected chi connectivity index (χ4v) is 3.88. The minimum Gasteiger partial charge on any atom is -0.399 e. The molecule has 0 spiro atoms. The molecular formula is C24H42BNO2. The van der Waals surface area contributed by atoms with Crippen LogP contribution in [0.4, 0.5) is 0 Å². The molecule has 1 aromatic carbocycles. The maximum absolute atomic E-state index is 6.25. The third kappa shape index (κ3) is 5.20. The van der Waals surface area contributed by atoms with Crippen LogP contribution in [0.25, 0.3) is 0 Å². The molecule has 0 amide bonds. The summed E-state index contributed by atoms with van der Waals surface area (Å²) in [6.07, 6.45) is 6.28. The molecule has 2 rings (SSSR count). The molecular weight excluding hydrogens is 345 g/mol. The fraction of sp³-hybridized carbons (Fsp3) is 0.750. The number of rotatable bonds is 9. The van der Waals surface area contributed by atoms with Crippen LogP contribution in [0.2, 0.25) is 0 Å². The Labute approximate surface area is 174 Å². The molecule has 0 aromatic heterocycles. The van der Waals surface area contributed by atoms with Crippen molar-refractivity contribution >= 4 is 12.6 Å². The molecule has 0 bridgehead atoms. The van der Waals surface area contributed by atoms with Gasteiger partial charge in [-0.05, 0) is 83.5 Å². The quantitative estimate of drug-likeness (QED) is 0.452. The van der Waals surface area contributed by atoms with Crippen LogP contribution in [0.5, 0.6) is 0 Å². The lowest BCUT2D eigenvalue weighted by Crippen LogP contribution is -2.41. The summed E-state index contributed by atoms with van der Waals surface area (Å²) >= 11 is 0. The molecule has 4 heteroatoms. The fourth-order valence-electron chi connectivity index (χ4n) is 3.88. The first kappa shape index (κ1) is 23.4. The number of aryl methyl sites for hydroxylation is 2. The lowest BCUT2D eigenvalue weighted by molar-refractivity contribution is 0.00578. The second-order valence-corrected chi connectivity index (χ2v) is 9.95. The summed E-state index contributed by atoms with van der Waals surface area (Å²) in [6, 6.07) is 4.49. The number of unbranched alkanes of at least 4 members (excludes halogenated alkanes) is 2. The van der Waals surface area contributed by atoms with Gasteiger partial charge in [0.2, 0.25) is 0 Å². The average molecular weight is 387 g/mol. The van der Waals surface area contributed by atoms with Crippen molar-refractivity contribution in [1.82, 2.24) is 5.32 Å². The SMILES string of the molecule is CCCCCC(C)(CC)NCc1c(C)cc(B2OC(C)(C)C(C)(C)O2)cc1C. The van der Waals surface area contributed by atoms with E-state index >= 15 is 0 Å². The first-order valence-corrected chi connectivity index (χ1v) is 11.2. The highest BCUT2D eigenvalue weighted by molar-refractivity contribution is 6.62. The Hall–Kier alpha value is -0.835. The van der Waals surface area contributed by atoms with E-state index in [0.717, 1.165) is 18.4 Å². The minimum atomic E-state index is -0.304. The van der Waals surface area contributed by atoms with Crippen molar-refractivity contribution in [3.63, 3.8) is 0 Å². The van der Waals surface area contributed by atoms with E-state index in [9.17, 15) is 0 Å². The summed E-state index contributed by atoms with van der Waals surface area (Å²) < 4.78 is 12.5. The Morgan fingerprint density at radius 1 is 0.964 bits per heavy atom. The van der Waals surface area contributed by atoms with Gasteiger partial charge in [0.05, 0.1) is 11.2 Å². The van der Waals surface area contributed by atoms with E-state index in [-0.39, 0.29) is 23.9 Å². The van der Waals surface area contributed by atoms with Crippen LogP contribution in [0, 0.1) is 13.8 Å². The summed E-state index contributed by atoms with van der Waals surface area (Å²) in [4.78, 5) is 0. The first-order valence-electron chi connectivity index (χ1n) is 11.2. The van der Waals surface area contributed by atoms with Gasteiger partial charge in [-0.25, -0.2) is 0 Å². The first-order chi connectivity index (χ1) is 12.9. The molecule has 0 aliphatic carbocycles. The molecule has 1 unspecified atom stereocenters. The van der Waals surface area contributed by atoms with Gasteiger partial charge in [-0.3, -0.25) is 0 Å². The van der Waals surface area contributed by atoms with Gasteiger partial charge in [0.15, 0.2) is 0 Å². The zero-order valence-corrected chi connectivity index (χ0v) is 19.8. The van der Waals surface area contributed by atoms with Crippen LogP contribution >= 0.6 is 0 Å². The van der Waals surface area contributed by atoms with E-state index in [4.69, 9.17) is 9.31 Å². The zero-order valence-electron chi connectivity index (χ0n) is 19.8. The van der Waals surface area contributed by atoms with Crippen LogP contribution in [0.15, 0.2) is 12.1 Å². The predicted octanol–water partition coefficient (Wildman–Crippen LogP) is 5.44. The van der Waals surface area contributed by atoms with Crippen molar-refractivity contribution in [1.29, 1.82) is 0 Å². The van der Waals surface area contributed by atoms with E-state index in [1.807, 2.05) is 0 Å². The Morgan fingerprint density at radius 2 is 1.50 bits per heavy atom. The Morgan fingerprint density at radius 3 is 1.96 bits per heavy atom. The largest absolute Gasteiger partial charge is 0.494 e. The molecule has 0 saturated carbocycles. The number of benzene rings is 1.